The van der Waals surface area contributed by atoms with Gasteiger partial charge in [0.2, 0.25) is 0 Å². The maximum Gasteiger partial charge on any atom is 0.146 e. The molecule has 13 heavy (non-hydrogen) atoms. The summed E-state index contributed by atoms with van der Waals surface area (Å²) in [7, 11) is 0. The first-order chi connectivity index (χ1) is 6.29. The molecule has 2 N–H and O–H groups in total. The van der Waals surface area contributed by atoms with Gasteiger partial charge in [0.25, 0.3) is 0 Å². The zero-order valence-corrected chi connectivity index (χ0v) is 7.92. The number of allylic oxidation sites excluding steroid dienone is 6. The molecule has 0 saturated heterocycles. The molecule has 0 heterocycles. The van der Waals surface area contributed by atoms with Crippen LogP contribution in [0.15, 0.2) is 47.8 Å². The van der Waals surface area contributed by atoms with Gasteiger partial charge in [0.15, 0.2) is 0 Å². The summed E-state index contributed by atoms with van der Waals surface area (Å²) in [6.45, 7) is 5.76. The van der Waals surface area contributed by atoms with Gasteiger partial charge in [0, 0.05) is 5.57 Å². The standard InChI is InChI=1S/C11H15NO/c1-3-6-10-9(2)7-4-5-8-11(10)13-12/h3-4,7-8H,1,5-6,12H2,2H3. The van der Waals surface area contributed by atoms with Crippen LogP contribution in [0.25, 0.3) is 0 Å². The second kappa shape index (κ2) is 4.67. The molecule has 0 spiro atoms. The molecular formula is C11H15NO. The highest BCUT2D eigenvalue weighted by Gasteiger charge is 2.08. The Morgan fingerprint density at radius 1 is 1.69 bits per heavy atom. The number of nitrogens with two attached hydrogens (primary N) is 1. The Balaban J connectivity index is 3.01. The van der Waals surface area contributed by atoms with Crippen LogP contribution >= 0.6 is 0 Å². The van der Waals surface area contributed by atoms with Crippen molar-refractivity contribution in [2.75, 3.05) is 0 Å². The van der Waals surface area contributed by atoms with Crippen molar-refractivity contribution in [2.24, 2.45) is 5.90 Å². The zero-order valence-electron chi connectivity index (χ0n) is 7.92. The van der Waals surface area contributed by atoms with Gasteiger partial charge in [-0.15, -0.1) is 6.58 Å². The molecule has 0 atom stereocenters. The van der Waals surface area contributed by atoms with E-state index >= 15 is 0 Å². The molecule has 0 amide bonds. The summed E-state index contributed by atoms with van der Waals surface area (Å²) in [4.78, 5) is 4.82. The Bertz CT molecular complexity index is 284. The molecule has 1 rings (SSSR count). The van der Waals surface area contributed by atoms with E-state index in [2.05, 4.69) is 18.7 Å². The van der Waals surface area contributed by atoms with Crippen molar-refractivity contribution in [1.82, 2.24) is 0 Å². The highest BCUT2D eigenvalue weighted by molar-refractivity contribution is 5.39. The van der Waals surface area contributed by atoms with Crippen LogP contribution in [-0.4, -0.2) is 0 Å². The molecule has 70 valence electrons. The van der Waals surface area contributed by atoms with Crippen LogP contribution in [0.3, 0.4) is 0 Å². The maximum atomic E-state index is 5.19. The second-order valence-electron chi connectivity index (χ2n) is 2.98. The first kappa shape index (κ1) is 9.81. The second-order valence-corrected chi connectivity index (χ2v) is 2.98. The molecule has 0 aromatic rings. The van der Waals surface area contributed by atoms with E-state index in [1.807, 2.05) is 19.1 Å². The van der Waals surface area contributed by atoms with Crippen LogP contribution in [0, 0.1) is 0 Å². The first-order valence-electron chi connectivity index (χ1n) is 4.34. The van der Waals surface area contributed by atoms with Crippen LogP contribution in [0.1, 0.15) is 19.8 Å². The lowest BCUT2D eigenvalue weighted by Crippen LogP contribution is -2.02. The molecule has 0 aromatic heterocycles. The summed E-state index contributed by atoms with van der Waals surface area (Å²) in [5.74, 6) is 5.96. The van der Waals surface area contributed by atoms with Crippen molar-refractivity contribution >= 4 is 0 Å². The summed E-state index contributed by atoms with van der Waals surface area (Å²) in [6, 6.07) is 0. The van der Waals surface area contributed by atoms with Crippen molar-refractivity contribution in [2.45, 2.75) is 19.8 Å². The minimum Gasteiger partial charge on any atom is -0.412 e. The van der Waals surface area contributed by atoms with Crippen molar-refractivity contribution in [1.29, 1.82) is 0 Å². The van der Waals surface area contributed by atoms with Gasteiger partial charge in [-0.1, -0.05) is 18.2 Å². The molecule has 2 nitrogen and oxygen atoms in total. The average Bonchev–Trinajstić information content (AvgIpc) is 2.30. The van der Waals surface area contributed by atoms with E-state index in [0.717, 1.165) is 24.2 Å². The van der Waals surface area contributed by atoms with Gasteiger partial charge in [-0.2, -0.15) is 5.90 Å². The van der Waals surface area contributed by atoms with Gasteiger partial charge in [0.05, 0.1) is 0 Å². The predicted octanol–water partition coefficient (Wildman–Crippen LogP) is 2.61. The van der Waals surface area contributed by atoms with Gasteiger partial charge in [0.1, 0.15) is 5.76 Å². The molecule has 0 unspecified atom stereocenters. The Kier molecular flexibility index (Phi) is 3.53. The lowest BCUT2D eigenvalue weighted by atomic mass is 10.1. The fraction of sp³-hybridized carbons (Fsp3) is 0.273. The summed E-state index contributed by atoms with van der Waals surface area (Å²) in [6.07, 6.45) is 9.66. The fourth-order valence-corrected chi connectivity index (χ4v) is 1.36. The topological polar surface area (TPSA) is 35.2 Å². The maximum absolute atomic E-state index is 5.19. The largest absolute Gasteiger partial charge is 0.412 e. The van der Waals surface area contributed by atoms with Crippen LogP contribution in [0.4, 0.5) is 0 Å². The average molecular weight is 177 g/mol. The molecule has 0 fully saturated rings. The van der Waals surface area contributed by atoms with Crippen LogP contribution in [0.5, 0.6) is 0 Å². The molecule has 1 aliphatic carbocycles. The van der Waals surface area contributed by atoms with E-state index in [1.165, 1.54) is 5.57 Å². The normalized spacial score (nSPS) is 16.6. The third kappa shape index (κ3) is 2.33. The SMILES string of the molecule is C=CCC1=C(C)C=CCC=C1ON. The van der Waals surface area contributed by atoms with Crippen molar-refractivity contribution in [3.63, 3.8) is 0 Å². The Hall–Kier alpha value is -1.28. The molecule has 0 aromatic carbocycles. The van der Waals surface area contributed by atoms with E-state index in [-0.39, 0.29) is 0 Å². The zero-order chi connectivity index (χ0) is 9.68. The van der Waals surface area contributed by atoms with Gasteiger partial charge in [-0.05, 0) is 31.4 Å². The molecule has 0 aliphatic heterocycles. The minimum absolute atomic E-state index is 0.766. The highest BCUT2D eigenvalue weighted by Crippen LogP contribution is 2.23. The van der Waals surface area contributed by atoms with Crippen LogP contribution in [0.2, 0.25) is 0 Å². The van der Waals surface area contributed by atoms with Gasteiger partial charge in [-0.3, -0.25) is 0 Å². The van der Waals surface area contributed by atoms with Gasteiger partial charge in [-0.25, -0.2) is 0 Å². The highest BCUT2D eigenvalue weighted by atomic mass is 16.6. The third-order valence-electron chi connectivity index (χ3n) is 2.06. The smallest absolute Gasteiger partial charge is 0.146 e. The Morgan fingerprint density at radius 2 is 2.46 bits per heavy atom. The van der Waals surface area contributed by atoms with Gasteiger partial charge >= 0.3 is 0 Å². The molecule has 0 bridgehead atoms. The minimum atomic E-state index is 0.766. The summed E-state index contributed by atoms with van der Waals surface area (Å²) in [5.41, 5.74) is 2.31. The number of hydrogen-bond donors (Lipinski definition) is 1. The van der Waals surface area contributed by atoms with Crippen LogP contribution < -0.4 is 5.90 Å². The summed E-state index contributed by atoms with van der Waals surface area (Å²) < 4.78 is 0. The molecule has 0 radical (unpaired) electrons. The van der Waals surface area contributed by atoms with E-state index in [9.17, 15) is 0 Å². The monoisotopic (exact) mass is 177 g/mol. The summed E-state index contributed by atoms with van der Waals surface area (Å²) >= 11 is 0. The third-order valence-corrected chi connectivity index (χ3v) is 2.06. The molecule has 2 heteroatoms. The van der Waals surface area contributed by atoms with Crippen molar-refractivity contribution < 1.29 is 4.84 Å². The summed E-state index contributed by atoms with van der Waals surface area (Å²) in [5, 5.41) is 0. The van der Waals surface area contributed by atoms with E-state index in [4.69, 9.17) is 10.7 Å². The molecule has 1 aliphatic rings. The number of rotatable bonds is 3. The Labute approximate surface area is 79.0 Å². The quantitative estimate of drug-likeness (QED) is 0.531. The first-order valence-corrected chi connectivity index (χ1v) is 4.34. The van der Waals surface area contributed by atoms with E-state index in [1.54, 1.807) is 0 Å². The van der Waals surface area contributed by atoms with Crippen molar-refractivity contribution in [3.05, 3.63) is 47.8 Å². The van der Waals surface area contributed by atoms with Crippen molar-refractivity contribution in [3.8, 4) is 0 Å². The fourth-order valence-electron chi connectivity index (χ4n) is 1.36. The van der Waals surface area contributed by atoms with E-state index < -0.39 is 0 Å². The van der Waals surface area contributed by atoms with Gasteiger partial charge < -0.3 is 4.84 Å². The van der Waals surface area contributed by atoms with E-state index in [0.29, 0.717) is 0 Å². The molecular weight excluding hydrogens is 162 g/mol. The lowest BCUT2D eigenvalue weighted by molar-refractivity contribution is 0.227. The van der Waals surface area contributed by atoms with Crippen LogP contribution in [-0.2, 0) is 4.84 Å². The number of hydrogen-bond acceptors (Lipinski definition) is 2. The predicted molar refractivity (Wildman–Crippen MR) is 54.6 cm³/mol. The Morgan fingerprint density at radius 3 is 3.08 bits per heavy atom. The lowest BCUT2D eigenvalue weighted by Gasteiger charge is -2.09. The molecule has 0 saturated carbocycles.